The van der Waals surface area contributed by atoms with Crippen LogP contribution in [0.15, 0.2) is 109 Å². The highest BCUT2D eigenvalue weighted by molar-refractivity contribution is 5.71. The van der Waals surface area contributed by atoms with Crippen LogP contribution in [0, 0.1) is 0 Å². The van der Waals surface area contributed by atoms with E-state index in [1.807, 2.05) is 0 Å². The van der Waals surface area contributed by atoms with Gasteiger partial charge in [-0.25, -0.2) is 0 Å². The molecule has 0 aromatic heterocycles. The van der Waals surface area contributed by atoms with Crippen LogP contribution in [0.3, 0.4) is 0 Å². The molecule has 6 nitrogen and oxygen atoms in total. The predicted octanol–water partition coefficient (Wildman–Crippen LogP) is 17.9. The maximum absolute atomic E-state index is 12.8. The fourth-order valence-electron chi connectivity index (χ4n) is 6.98. The maximum atomic E-state index is 12.8. The van der Waals surface area contributed by atoms with Crippen LogP contribution in [-0.4, -0.2) is 37.2 Å². The van der Waals surface area contributed by atoms with E-state index < -0.39 is 6.10 Å². The average Bonchev–Trinajstić information content (AvgIpc) is 3.31. The van der Waals surface area contributed by atoms with Crippen LogP contribution < -0.4 is 0 Å². The van der Waals surface area contributed by atoms with Crippen molar-refractivity contribution in [1.82, 2.24) is 0 Å². The maximum Gasteiger partial charge on any atom is 0.306 e. The number of ether oxygens (including phenoxy) is 3. The SMILES string of the molecule is CC/C=C\C/C=C\C/C=C\C/C=C\C/C=C\C/C=C\C/C=C\CCCC(=O)OCC(COC(=O)CCCCCCCCCCCCC)OC(=O)CCCCCCC/C=C\C/C=C\CCCC. The second kappa shape index (κ2) is 53.7. The highest BCUT2D eigenvalue weighted by Gasteiger charge is 2.19. The van der Waals surface area contributed by atoms with Crippen molar-refractivity contribution in [1.29, 1.82) is 0 Å². The monoisotopic (exact) mass is 915 g/mol. The summed E-state index contributed by atoms with van der Waals surface area (Å²) in [5.74, 6) is -0.983. The third-order valence-electron chi connectivity index (χ3n) is 11.0. The first-order valence-corrected chi connectivity index (χ1v) is 26.9. The molecule has 0 spiro atoms. The molecule has 0 aromatic carbocycles. The van der Waals surface area contributed by atoms with E-state index in [4.69, 9.17) is 14.2 Å². The van der Waals surface area contributed by atoms with E-state index in [2.05, 4.69) is 130 Å². The number of unbranched alkanes of at least 4 members (excludes halogenated alkanes) is 18. The Morgan fingerprint density at radius 2 is 0.621 bits per heavy atom. The highest BCUT2D eigenvalue weighted by Crippen LogP contribution is 2.14. The number of hydrogen-bond donors (Lipinski definition) is 0. The second-order valence-electron chi connectivity index (χ2n) is 17.4. The Morgan fingerprint density at radius 1 is 0.318 bits per heavy atom. The van der Waals surface area contributed by atoms with Gasteiger partial charge >= 0.3 is 17.9 Å². The Labute approximate surface area is 406 Å². The van der Waals surface area contributed by atoms with Crippen molar-refractivity contribution < 1.29 is 28.6 Å². The Bertz CT molecular complexity index is 1370. The summed E-state index contributed by atoms with van der Waals surface area (Å²) in [6.07, 6.45) is 72.2. The molecule has 0 amide bonds. The van der Waals surface area contributed by atoms with E-state index in [9.17, 15) is 14.4 Å². The van der Waals surface area contributed by atoms with Gasteiger partial charge in [0.15, 0.2) is 6.10 Å². The minimum Gasteiger partial charge on any atom is -0.462 e. The van der Waals surface area contributed by atoms with Gasteiger partial charge in [0.05, 0.1) is 0 Å². The molecule has 0 N–H and O–H groups in total. The van der Waals surface area contributed by atoms with E-state index in [-0.39, 0.29) is 37.5 Å². The fraction of sp³-hybridized carbons (Fsp3) is 0.650. The topological polar surface area (TPSA) is 78.9 Å². The van der Waals surface area contributed by atoms with E-state index in [0.717, 1.165) is 116 Å². The Kier molecular flexibility index (Phi) is 50.5. The number of carbonyl (C=O) groups is 3. The van der Waals surface area contributed by atoms with Crippen molar-refractivity contribution in [3.05, 3.63) is 109 Å². The van der Waals surface area contributed by atoms with Gasteiger partial charge < -0.3 is 14.2 Å². The molecule has 0 fully saturated rings. The Hall–Kier alpha value is -3.93. The molecule has 0 radical (unpaired) electrons. The van der Waals surface area contributed by atoms with Gasteiger partial charge in [0.1, 0.15) is 13.2 Å². The molecule has 0 bridgehead atoms. The summed E-state index contributed by atoms with van der Waals surface area (Å²) in [5, 5.41) is 0. The molecule has 0 aliphatic carbocycles. The smallest absolute Gasteiger partial charge is 0.306 e. The molecule has 0 saturated heterocycles. The van der Waals surface area contributed by atoms with E-state index in [1.54, 1.807) is 0 Å². The lowest BCUT2D eigenvalue weighted by molar-refractivity contribution is -0.167. The number of esters is 3. The summed E-state index contributed by atoms with van der Waals surface area (Å²) in [7, 11) is 0. The normalized spacial score (nSPS) is 13.0. The lowest BCUT2D eigenvalue weighted by Gasteiger charge is -2.18. The minimum absolute atomic E-state index is 0.102. The number of rotatable bonds is 47. The minimum atomic E-state index is -0.808. The molecule has 0 heterocycles. The van der Waals surface area contributed by atoms with E-state index >= 15 is 0 Å². The van der Waals surface area contributed by atoms with Gasteiger partial charge in [-0.3, -0.25) is 14.4 Å². The van der Waals surface area contributed by atoms with Gasteiger partial charge in [-0.05, 0) is 96.3 Å². The van der Waals surface area contributed by atoms with Crippen molar-refractivity contribution in [3.8, 4) is 0 Å². The molecule has 0 aliphatic rings. The first-order valence-electron chi connectivity index (χ1n) is 26.9. The lowest BCUT2D eigenvalue weighted by atomic mass is 10.1. The van der Waals surface area contributed by atoms with Crippen LogP contribution in [0.25, 0.3) is 0 Å². The molecule has 0 saturated carbocycles. The predicted molar refractivity (Wildman–Crippen MR) is 283 cm³/mol. The summed E-state index contributed by atoms with van der Waals surface area (Å²) in [5.41, 5.74) is 0. The molecule has 0 rings (SSSR count). The molecular weight excluding hydrogens is 817 g/mol. The number of allylic oxidation sites excluding steroid dienone is 18. The van der Waals surface area contributed by atoms with Crippen LogP contribution in [0.2, 0.25) is 0 Å². The highest BCUT2D eigenvalue weighted by atomic mass is 16.6. The molecule has 374 valence electrons. The zero-order chi connectivity index (χ0) is 47.9. The number of hydrogen-bond acceptors (Lipinski definition) is 6. The standard InChI is InChI=1S/C60H98O6/c1-4-7-10-13-16-19-22-24-26-27-28-29-30-31-32-33-34-36-38-41-44-47-50-53-59(62)65-56-57(55-64-58(61)52-49-46-43-40-37-21-18-15-12-9-6-3)66-60(63)54-51-48-45-42-39-35-25-23-20-17-14-11-8-5-2/h7,10,14,16-17,19,23-26,28-29,31-32,34,36,41,44,57H,4-6,8-9,11-13,15,18,20-22,27,30,33,35,37-40,42-43,45-56H2,1-3H3/b10-7-,17-14-,19-16-,25-23-,26-24-,29-28-,32-31-,36-34-,44-41-. The quantitative estimate of drug-likeness (QED) is 0.0262. The molecular formula is C60H98O6. The van der Waals surface area contributed by atoms with Crippen LogP contribution in [0.1, 0.15) is 233 Å². The third kappa shape index (κ3) is 51.1. The molecule has 6 heteroatoms. The fourth-order valence-corrected chi connectivity index (χ4v) is 6.98. The van der Waals surface area contributed by atoms with Crippen LogP contribution in [0.5, 0.6) is 0 Å². The summed E-state index contributed by atoms with van der Waals surface area (Å²) in [6.45, 7) is 6.41. The first-order chi connectivity index (χ1) is 32.5. The van der Waals surface area contributed by atoms with Crippen LogP contribution in [0.4, 0.5) is 0 Å². The van der Waals surface area contributed by atoms with Crippen molar-refractivity contribution in [2.75, 3.05) is 13.2 Å². The summed E-state index contributed by atoms with van der Waals surface area (Å²) >= 11 is 0. The molecule has 1 atom stereocenters. The van der Waals surface area contributed by atoms with Crippen molar-refractivity contribution in [3.63, 3.8) is 0 Å². The van der Waals surface area contributed by atoms with Gasteiger partial charge in [0, 0.05) is 19.3 Å². The van der Waals surface area contributed by atoms with Crippen LogP contribution >= 0.6 is 0 Å². The summed E-state index contributed by atoms with van der Waals surface area (Å²) in [4.78, 5) is 38.0. The zero-order valence-electron chi connectivity index (χ0n) is 42.7. The van der Waals surface area contributed by atoms with Crippen molar-refractivity contribution in [2.24, 2.45) is 0 Å². The largest absolute Gasteiger partial charge is 0.462 e. The number of carbonyl (C=O) groups excluding carboxylic acids is 3. The lowest BCUT2D eigenvalue weighted by Crippen LogP contribution is -2.30. The van der Waals surface area contributed by atoms with E-state index in [1.165, 1.54) is 70.6 Å². The molecule has 0 aliphatic heterocycles. The van der Waals surface area contributed by atoms with Gasteiger partial charge in [-0.2, -0.15) is 0 Å². The summed E-state index contributed by atoms with van der Waals surface area (Å²) < 4.78 is 16.7. The van der Waals surface area contributed by atoms with Gasteiger partial charge in [-0.1, -0.05) is 226 Å². The van der Waals surface area contributed by atoms with E-state index in [0.29, 0.717) is 19.3 Å². The van der Waals surface area contributed by atoms with Crippen molar-refractivity contribution >= 4 is 17.9 Å². The molecule has 1 unspecified atom stereocenters. The zero-order valence-corrected chi connectivity index (χ0v) is 42.7. The second-order valence-corrected chi connectivity index (χ2v) is 17.4. The van der Waals surface area contributed by atoms with Crippen LogP contribution in [-0.2, 0) is 28.6 Å². The molecule has 66 heavy (non-hydrogen) atoms. The Morgan fingerprint density at radius 3 is 1.03 bits per heavy atom. The third-order valence-corrected chi connectivity index (χ3v) is 11.0. The van der Waals surface area contributed by atoms with Gasteiger partial charge in [0.2, 0.25) is 0 Å². The Balaban J connectivity index is 4.46. The van der Waals surface area contributed by atoms with Gasteiger partial charge in [0.25, 0.3) is 0 Å². The molecule has 0 aromatic rings. The summed E-state index contributed by atoms with van der Waals surface area (Å²) in [6, 6.07) is 0. The first kappa shape index (κ1) is 62.1. The van der Waals surface area contributed by atoms with Gasteiger partial charge in [-0.15, -0.1) is 0 Å². The van der Waals surface area contributed by atoms with Crippen molar-refractivity contribution in [2.45, 2.75) is 239 Å². The average molecular weight is 915 g/mol.